The average Bonchev–Trinajstić information content (AvgIpc) is 2.56. The molecule has 0 atom stereocenters. The van der Waals surface area contributed by atoms with Crippen LogP contribution in [-0.2, 0) is 11.4 Å². The highest BCUT2D eigenvalue weighted by molar-refractivity contribution is 6.31. The lowest BCUT2D eigenvalue weighted by atomic mass is 10.1. The highest BCUT2D eigenvalue weighted by Gasteiger charge is 2.16. The Balaban J connectivity index is 2.30. The maximum absolute atomic E-state index is 12.0. The molecule has 3 nitrogen and oxygen atoms in total. The number of amides is 1. The molecule has 2 rings (SSSR count). The van der Waals surface area contributed by atoms with Crippen molar-refractivity contribution in [3.05, 3.63) is 57.6 Å². The molecule has 0 N–H and O–H groups in total. The number of carbonyl (C=O) groups excluding carboxylic acids is 1. The van der Waals surface area contributed by atoms with Crippen molar-refractivity contribution in [3.8, 4) is 5.75 Å². The number of benzene rings is 2. The third-order valence-electron chi connectivity index (χ3n) is 4.30. The third-order valence-corrected chi connectivity index (χ3v) is 4.65. The average molecular weight is 346 g/mol. The van der Waals surface area contributed by atoms with Crippen LogP contribution in [0.1, 0.15) is 35.6 Å². The molecule has 0 spiro atoms. The van der Waals surface area contributed by atoms with E-state index >= 15 is 0 Å². The largest absolute Gasteiger partial charge is 0.488 e. The normalized spacial score (nSPS) is 10.6. The number of rotatable bonds is 5. The number of halogens is 1. The van der Waals surface area contributed by atoms with E-state index in [1.165, 1.54) is 11.1 Å². The van der Waals surface area contributed by atoms with Crippen molar-refractivity contribution in [2.45, 2.75) is 40.7 Å². The standard InChI is InChI=1S/C20H24ClNO2/c1-6-20(23)22(5)18-9-7-8-17(21)16(18)12-24-19-11-14(3)13(2)10-15(19)4/h7-11H,6,12H2,1-5H3. The van der Waals surface area contributed by atoms with Crippen molar-refractivity contribution in [2.24, 2.45) is 0 Å². The molecule has 0 aliphatic heterocycles. The minimum absolute atomic E-state index is 0.0425. The van der Waals surface area contributed by atoms with Crippen molar-refractivity contribution < 1.29 is 9.53 Å². The Morgan fingerprint density at radius 1 is 1.12 bits per heavy atom. The van der Waals surface area contributed by atoms with Gasteiger partial charge in [-0.3, -0.25) is 4.79 Å². The maximum Gasteiger partial charge on any atom is 0.226 e. The van der Waals surface area contributed by atoms with Crippen molar-refractivity contribution >= 4 is 23.2 Å². The van der Waals surface area contributed by atoms with Gasteiger partial charge in [-0.1, -0.05) is 30.7 Å². The second kappa shape index (κ2) is 7.71. The number of carbonyl (C=O) groups is 1. The van der Waals surface area contributed by atoms with Crippen LogP contribution < -0.4 is 9.64 Å². The van der Waals surface area contributed by atoms with Crippen LogP contribution in [0.4, 0.5) is 5.69 Å². The van der Waals surface area contributed by atoms with Crippen LogP contribution in [0.25, 0.3) is 0 Å². The fraction of sp³-hybridized carbons (Fsp3) is 0.350. The first-order valence-electron chi connectivity index (χ1n) is 8.09. The van der Waals surface area contributed by atoms with Gasteiger partial charge in [-0.05, 0) is 55.7 Å². The molecule has 0 fully saturated rings. The second-order valence-corrected chi connectivity index (χ2v) is 6.44. The number of anilines is 1. The molecule has 0 saturated heterocycles. The zero-order valence-electron chi connectivity index (χ0n) is 14.9. The molecule has 0 saturated carbocycles. The van der Waals surface area contributed by atoms with Crippen molar-refractivity contribution in [1.82, 2.24) is 0 Å². The Bertz CT molecular complexity index is 756. The highest BCUT2D eigenvalue weighted by atomic mass is 35.5. The molecule has 0 unspecified atom stereocenters. The monoisotopic (exact) mass is 345 g/mol. The van der Waals surface area contributed by atoms with Gasteiger partial charge in [0.15, 0.2) is 0 Å². The smallest absolute Gasteiger partial charge is 0.226 e. The Morgan fingerprint density at radius 3 is 2.46 bits per heavy atom. The summed E-state index contributed by atoms with van der Waals surface area (Å²) in [4.78, 5) is 13.7. The van der Waals surface area contributed by atoms with E-state index in [9.17, 15) is 4.79 Å². The van der Waals surface area contributed by atoms with Gasteiger partial charge in [-0.2, -0.15) is 0 Å². The number of hydrogen-bond donors (Lipinski definition) is 0. The van der Waals surface area contributed by atoms with Crippen LogP contribution in [-0.4, -0.2) is 13.0 Å². The lowest BCUT2D eigenvalue weighted by Crippen LogP contribution is -2.26. The molecule has 0 radical (unpaired) electrons. The zero-order chi connectivity index (χ0) is 17.9. The molecule has 2 aromatic carbocycles. The first kappa shape index (κ1) is 18.3. The summed E-state index contributed by atoms with van der Waals surface area (Å²) in [7, 11) is 1.77. The molecule has 0 aliphatic carbocycles. The first-order chi connectivity index (χ1) is 11.3. The van der Waals surface area contributed by atoms with Crippen molar-refractivity contribution in [2.75, 3.05) is 11.9 Å². The summed E-state index contributed by atoms with van der Waals surface area (Å²) in [5, 5.41) is 0.602. The first-order valence-corrected chi connectivity index (χ1v) is 8.47. The van der Waals surface area contributed by atoms with Crippen LogP contribution in [0.5, 0.6) is 5.75 Å². The maximum atomic E-state index is 12.0. The molecule has 0 aliphatic rings. The molecular weight excluding hydrogens is 322 g/mol. The molecule has 4 heteroatoms. The van der Waals surface area contributed by atoms with Gasteiger partial charge in [0.1, 0.15) is 12.4 Å². The predicted molar refractivity (Wildman–Crippen MR) is 100 cm³/mol. The van der Waals surface area contributed by atoms with Gasteiger partial charge < -0.3 is 9.64 Å². The van der Waals surface area contributed by atoms with Crippen LogP contribution >= 0.6 is 11.6 Å². The minimum Gasteiger partial charge on any atom is -0.488 e. The Morgan fingerprint density at radius 2 is 1.79 bits per heavy atom. The molecule has 1 amide bonds. The van der Waals surface area contributed by atoms with E-state index in [4.69, 9.17) is 16.3 Å². The number of ether oxygens (including phenoxy) is 1. The summed E-state index contributed by atoms with van der Waals surface area (Å²) in [6.07, 6.45) is 0.444. The third kappa shape index (κ3) is 3.90. The molecule has 0 heterocycles. The molecule has 0 bridgehead atoms. The van der Waals surface area contributed by atoms with Crippen LogP contribution in [0.3, 0.4) is 0 Å². The fourth-order valence-electron chi connectivity index (χ4n) is 2.62. The quantitative estimate of drug-likeness (QED) is 0.743. The predicted octanol–water partition coefficient (Wildman–Crippen LogP) is 5.22. The Kier molecular flexibility index (Phi) is 5.89. The Labute approximate surface area is 149 Å². The van der Waals surface area contributed by atoms with E-state index < -0.39 is 0 Å². The van der Waals surface area contributed by atoms with Gasteiger partial charge >= 0.3 is 0 Å². The summed E-state index contributed by atoms with van der Waals surface area (Å²) in [5.41, 5.74) is 5.13. The molecule has 2 aromatic rings. The molecule has 128 valence electrons. The van der Waals surface area contributed by atoms with Crippen molar-refractivity contribution in [3.63, 3.8) is 0 Å². The van der Waals surface area contributed by atoms with Crippen LogP contribution in [0.2, 0.25) is 5.02 Å². The summed E-state index contributed by atoms with van der Waals surface area (Å²) in [6.45, 7) is 8.35. The SMILES string of the molecule is CCC(=O)N(C)c1cccc(Cl)c1COc1cc(C)c(C)cc1C. The van der Waals surface area contributed by atoms with Crippen LogP contribution in [0.15, 0.2) is 30.3 Å². The van der Waals surface area contributed by atoms with E-state index in [2.05, 4.69) is 19.9 Å². The fourth-order valence-corrected chi connectivity index (χ4v) is 2.84. The van der Waals surface area contributed by atoms with Gasteiger partial charge in [0.05, 0.1) is 5.69 Å². The van der Waals surface area contributed by atoms with E-state index in [0.29, 0.717) is 18.1 Å². The van der Waals surface area contributed by atoms with Gasteiger partial charge in [0, 0.05) is 24.1 Å². The Hall–Kier alpha value is -2.00. The summed E-state index contributed by atoms with van der Waals surface area (Å²) >= 11 is 6.37. The summed E-state index contributed by atoms with van der Waals surface area (Å²) in [6, 6.07) is 9.72. The lowest BCUT2D eigenvalue weighted by molar-refractivity contribution is -0.118. The van der Waals surface area contributed by atoms with Crippen LogP contribution in [0, 0.1) is 20.8 Å². The number of nitrogens with zero attached hydrogens (tertiary/aromatic N) is 1. The topological polar surface area (TPSA) is 29.5 Å². The second-order valence-electron chi connectivity index (χ2n) is 6.03. The summed E-state index contributed by atoms with van der Waals surface area (Å²) < 4.78 is 6.02. The molecule has 0 aromatic heterocycles. The number of hydrogen-bond acceptors (Lipinski definition) is 2. The summed E-state index contributed by atoms with van der Waals surface area (Å²) in [5.74, 6) is 0.884. The molecule has 24 heavy (non-hydrogen) atoms. The van der Waals surface area contributed by atoms with E-state index in [0.717, 1.165) is 22.6 Å². The highest BCUT2D eigenvalue weighted by Crippen LogP contribution is 2.30. The minimum atomic E-state index is 0.0425. The lowest BCUT2D eigenvalue weighted by Gasteiger charge is -2.22. The van der Waals surface area contributed by atoms with Gasteiger partial charge in [0.2, 0.25) is 5.91 Å². The van der Waals surface area contributed by atoms with Gasteiger partial charge in [-0.25, -0.2) is 0 Å². The van der Waals surface area contributed by atoms with E-state index in [1.54, 1.807) is 11.9 Å². The van der Waals surface area contributed by atoms with E-state index in [-0.39, 0.29) is 5.91 Å². The molecular formula is C20H24ClNO2. The van der Waals surface area contributed by atoms with Gasteiger partial charge in [-0.15, -0.1) is 0 Å². The van der Waals surface area contributed by atoms with E-state index in [1.807, 2.05) is 38.1 Å². The van der Waals surface area contributed by atoms with Gasteiger partial charge in [0.25, 0.3) is 0 Å². The number of aryl methyl sites for hydroxylation is 3. The zero-order valence-corrected chi connectivity index (χ0v) is 15.7. The van der Waals surface area contributed by atoms with Crippen molar-refractivity contribution in [1.29, 1.82) is 0 Å².